The number of pyridine rings is 1. The van der Waals surface area contributed by atoms with Crippen molar-refractivity contribution in [3.8, 4) is 0 Å². The summed E-state index contributed by atoms with van der Waals surface area (Å²) in [6.07, 6.45) is 8.06. The number of nitrogens with zero attached hydrogens (tertiary/aromatic N) is 3. The number of aromatic nitrogens is 3. The van der Waals surface area contributed by atoms with Gasteiger partial charge in [0.15, 0.2) is 5.84 Å². The van der Waals surface area contributed by atoms with Gasteiger partial charge in [-0.1, -0.05) is 11.6 Å². The van der Waals surface area contributed by atoms with E-state index in [1.165, 1.54) is 6.07 Å². The molecule has 0 spiro atoms. The minimum Gasteiger partial charge on any atom is -0.481 e. The molecule has 0 radical (unpaired) electrons. The number of carboxylic acid groups (broad SMARTS) is 1. The van der Waals surface area contributed by atoms with Crippen molar-refractivity contribution >= 4 is 40.3 Å². The molecule has 3 aliphatic rings. The molecule has 0 aliphatic heterocycles. The Morgan fingerprint density at radius 2 is 1.94 bits per heavy atom. The van der Waals surface area contributed by atoms with E-state index in [0.29, 0.717) is 27.3 Å². The number of carbonyl (C=O) groups is 1. The molecule has 3 saturated carbocycles. The van der Waals surface area contributed by atoms with Gasteiger partial charge in [0.25, 0.3) is 0 Å². The zero-order valence-electron chi connectivity index (χ0n) is 17.1. The Labute approximate surface area is 187 Å². The number of aliphatic imine (C=N–C) groups is 2. The highest BCUT2D eigenvalue weighted by Gasteiger charge is 2.47. The number of carboxylic acids is 1. The first-order chi connectivity index (χ1) is 15.4. The highest BCUT2D eigenvalue weighted by molar-refractivity contribution is 6.31. The summed E-state index contributed by atoms with van der Waals surface area (Å²) in [5.41, 5.74) is 7.81. The number of nitrogens with one attached hydrogen (secondary N) is 2. The Bertz CT molecular complexity index is 1240. The Morgan fingerprint density at radius 1 is 1.19 bits per heavy atom. The topological polar surface area (TPSA) is 133 Å². The van der Waals surface area contributed by atoms with Gasteiger partial charge in [0.2, 0.25) is 0 Å². The average Bonchev–Trinajstić information content (AvgIpc) is 3.39. The fourth-order valence-corrected chi connectivity index (χ4v) is 5.28. The molecule has 166 valence electrons. The van der Waals surface area contributed by atoms with Crippen LogP contribution in [0.25, 0.3) is 11.0 Å². The number of hydrogen-bond donors (Lipinski definition) is 4. The van der Waals surface area contributed by atoms with Crippen LogP contribution in [0, 0.1) is 23.6 Å². The smallest absolute Gasteiger partial charge is 0.308 e. The van der Waals surface area contributed by atoms with Crippen molar-refractivity contribution in [2.75, 3.05) is 0 Å². The van der Waals surface area contributed by atoms with E-state index in [1.807, 2.05) is 0 Å². The van der Waals surface area contributed by atoms with E-state index >= 15 is 0 Å². The van der Waals surface area contributed by atoms with Gasteiger partial charge in [-0.05, 0) is 49.7 Å². The lowest BCUT2D eigenvalue weighted by atomic mass is 9.62. The minimum absolute atomic E-state index is 0.112. The normalized spacial score (nSPS) is 26.1. The summed E-state index contributed by atoms with van der Waals surface area (Å²) in [5.74, 6) is -1.18. The number of aromatic amines is 2. The fourth-order valence-electron chi connectivity index (χ4n) is 5.11. The van der Waals surface area contributed by atoms with Crippen molar-refractivity contribution in [2.45, 2.75) is 31.7 Å². The molecule has 8 nitrogen and oxygen atoms in total. The van der Waals surface area contributed by atoms with Crippen molar-refractivity contribution in [3.05, 3.63) is 52.8 Å². The van der Waals surface area contributed by atoms with Gasteiger partial charge in [-0.15, -0.1) is 0 Å². The van der Waals surface area contributed by atoms with Crippen molar-refractivity contribution < 1.29 is 14.3 Å². The molecule has 3 aromatic rings. The van der Waals surface area contributed by atoms with Crippen LogP contribution in [0.4, 0.5) is 4.39 Å². The van der Waals surface area contributed by atoms with Gasteiger partial charge >= 0.3 is 5.97 Å². The molecule has 3 aromatic heterocycles. The molecule has 2 atom stereocenters. The first kappa shape index (κ1) is 20.7. The standard InChI is InChI=1S/C22H22ClFN6O2/c23-12-5-16(26-7-12)21(29-18-11-3-1-10(2-4-11)17(18)22(31)32)30-19(25)15-9-28-20-14(15)6-13(24)8-27-20/h5-11,17-18,26H,1-4H2,(H,27,28)(H,31,32)(H2,25,29,30)/t10?,11?,17-,18-/m0/s1. The van der Waals surface area contributed by atoms with Crippen LogP contribution in [-0.2, 0) is 4.79 Å². The van der Waals surface area contributed by atoms with Crippen LogP contribution >= 0.6 is 11.6 Å². The Kier molecular flexibility index (Phi) is 5.21. The number of rotatable bonds is 4. The van der Waals surface area contributed by atoms with E-state index in [1.54, 1.807) is 18.5 Å². The molecular formula is C22H22ClFN6O2. The summed E-state index contributed by atoms with van der Waals surface area (Å²) in [5, 5.41) is 10.9. The number of H-pyrrole nitrogens is 2. The van der Waals surface area contributed by atoms with E-state index in [4.69, 9.17) is 22.3 Å². The second kappa shape index (κ2) is 8.05. The number of nitrogens with two attached hydrogens (primary N) is 1. The molecule has 32 heavy (non-hydrogen) atoms. The van der Waals surface area contributed by atoms with Crippen molar-refractivity contribution in [2.24, 2.45) is 33.5 Å². The Balaban J connectivity index is 1.60. The monoisotopic (exact) mass is 456 g/mol. The first-order valence-electron chi connectivity index (χ1n) is 10.5. The van der Waals surface area contributed by atoms with Gasteiger partial charge in [-0.3, -0.25) is 9.79 Å². The van der Waals surface area contributed by atoms with E-state index in [-0.39, 0.29) is 23.5 Å². The predicted octanol–water partition coefficient (Wildman–Crippen LogP) is 3.73. The quantitative estimate of drug-likeness (QED) is 0.351. The highest BCUT2D eigenvalue weighted by Crippen LogP contribution is 2.47. The zero-order valence-corrected chi connectivity index (χ0v) is 17.8. The molecule has 5 N–H and O–H groups in total. The molecular weight excluding hydrogens is 435 g/mol. The number of halogens is 2. The minimum atomic E-state index is -0.827. The molecule has 3 fully saturated rings. The summed E-state index contributed by atoms with van der Waals surface area (Å²) >= 11 is 6.11. The maximum atomic E-state index is 13.7. The third-order valence-corrected chi connectivity index (χ3v) is 6.84. The molecule has 3 heterocycles. The Hall–Kier alpha value is -3.20. The summed E-state index contributed by atoms with van der Waals surface area (Å²) in [7, 11) is 0. The lowest BCUT2D eigenvalue weighted by Crippen LogP contribution is -2.47. The number of aliphatic carboxylic acids is 1. The lowest BCUT2D eigenvalue weighted by Gasteiger charge is -2.45. The number of fused-ring (bicyclic) bond motifs is 4. The molecule has 0 amide bonds. The van der Waals surface area contributed by atoms with Crippen LogP contribution in [0.5, 0.6) is 0 Å². The SMILES string of the molecule is NC(=NC(=N[C@H]1C2CCC(CC2)[C@@H]1C(=O)O)c1cc(Cl)c[nH]1)c1c[nH]c2ncc(F)cc12. The van der Waals surface area contributed by atoms with E-state index < -0.39 is 23.7 Å². The van der Waals surface area contributed by atoms with Gasteiger partial charge in [0.05, 0.1) is 28.9 Å². The second-order valence-electron chi connectivity index (χ2n) is 8.46. The van der Waals surface area contributed by atoms with Crippen LogP contribution in [0.2, 0.25) is 5.02 Å². The summed E-state index contributed by atoms with van der Waals surface area (Å²) in [6, 6.07) is 2.61. The molecule has 0 aromatic carbocycles. The third-order valence-electron chi connectivity index (χ3n) is 6.62. The van der Waals surface area contributed by atoms with Crippen molar-refractivity contribution in [1.82, 2.24) is 15.0 Å². The molecule has 6 rings (SSSR count). The molecule has 3 aliphatic carbocycles. The number of hydrogen-bond acceptors (Lipinski definition) is 3. The van der Waals surface area contributed by atoms with Gasteiger partial charge in [0.1, 0.15) is 17.3 Å². The van der Waals surface area contributed by atoms with Crippen LogP contribution in [0.15, 0.2) is 40.7 Å². The van der Waals surface area contributed by atoms with Gasteiger partial charge in [0, 0.05) is 23.3 Å². The first-order valence-corrected chi connectivity index (χ1v) is 10.9. The van der Waals surface area contributed by atoms with Gasteiger partial charge in [-0.25, -0.2) is 14.4 Å². The average molecular weight is 457 g/mol. The molecule has 0 saturated heterocycles. The van der Waals surface area contributed by atoms with Crippen molar-refractivity contribution in [1.29, 1.82) is 0 Å². The van der Waals surface area contributed by atoms with Crippen LogP contribution < -0.4 is 5.73 Å². The summed E-state index contributed by atoms with van der Waals surface area (Å²) in [6.45, 7) is 0. The molecule has 0 unspecified atom stereocenters. The van der Waals surface area contributed by atoms with Gasteiger partial charge in [-0.2, -0.15) is 0 Å². The van der Waals surface area contributed by atoms with Crippen molar-refractivity contribution in [3.63, 3.8) is 0 Å². The lowest BCUT2D eigenvalue weighted by molar-refractivity contribution is -0.148. The van der Waals surface area contributed by atoms with Gasteiger partial charge < -0.3 is 20.8 Å². The summed E-state index contributed by atoms with van der Waals surface area (Å²) < 4.78 is 13.7. The molecule has 2 bridgehead atoms. The number of amidine groups is 2. The van der Waals surface area contributed by atoms with E-state index in [9.17, 15) is 14.3 Å². The van der Waals surface area contributed by atoms with Crippen LogP contribution in [0.1, 0.15) is 36.9 Å². The maximum Gasteiger partial charge on any atom is 0.308 e. The predicted molar refractivity (Wildman–Crippen MR) is 119 cm³/mol. The second-order valence-corrected chi connectivity index (χ2v) is 8.90. The maximum absolute atomic E-state index is 13.7. The highest BCUT2D eigenvalue weighted by atomic mass is 35.5. The molecule has 10 heteroatoms. The largest absolute Gasteiger partial charge is 0.481 e. The fraction of sp³-hybridized carbons (Fsp3) is 0.364. The zero-order chi connectivity index (χ0) is 22.4. The van der Waals surface area contributed by atoms with E-state index in [0.717, 1.165) is 31.9 Å². The third kappa shape index (κ3) is 3.66. The van der Waals surface area contributed by atoms with Crippen LogP contribution in [-0.4, -0.2) is 43.7 Å². The summed E-state index contributed by atoms with van der Waals surface area (Å²) in [4.78, 5) is 31.4. The van der Waals surface area contributed by atoms with Crippen LogP contribution in [0.3, 0.4) is 0 Å². The van der Waals surface area contributed by atoms with E-state index in [2.05, 4.69) is 19.9 Å². The Morgan fingerprint density at radius 3 is 2.62 bits per heavy atom.